The fraction of sp³-hybridized carbons (Fsp3) is 1.00. The van der Waals surface area contributed by atoms with Crippen LogP contribution in [0.3, 0.4) is 0 Å². The first-order valence-corrected chi connectivity index (χ1v) is 3.98. The number of hydrogen-bond donors (Lipinski definition) is 0. The molecule has 0 amide bonds. The minimum absolute atomic E-state index is 0. The molecule has 13 heavy (non-hydrogen) atoms. The summed E-state index contributed by atoms with van der Waals surface area (Å²) in [6.45, 7) is 11.5. The van der Waals surface area contributed by atoms with Gasteiger partial charge in [-0.2, -0.15) is 0 Å². The molecule has 0 saturated carbocycles. The molecule has 1 unspecified atom stereocenters. The molecule has 0 bridgehead atoms. The summed E-state index contributed by atoms with van der Waals surface area (Å²) >= 11 is 0. The molecular weight excluding hydrogens is 250 g/mol. The van der Waals surface area contributed by atoms with Crippen molar-refractivity contribution in [3.63, 3.8) is 0 Å². The smallest absolute Gasteiger partial charge is 0.0357 e. The molecule has 0 aromatic rings. The predicted molar refractivity (Wildman–Crippen MR) is 72.5 cm³/mol. The highest BCUT2D eigenvalue weighted by atomic mass is 35.5. The van der Waals surface area contributed by atoms with Crippen LogP contribution in [0, 0.1) is 11.3 Å². The summed E-state index contributed by atoms with van der Waals surface area (Å²) in [7, 11) is 0. The maximum absolute atomic E-state index is 2.34. The Morgan fingerprint density at radius 1 is 0.923 bits per heavy atom. The maximum atomic E-state index is 2.34. The van der Waals surface area contributed by atoms with E-state index in [-0.39, 0.29) is 49.6 Å². The lowest BCUT2D eigenvalue weighted by Crippen LogP contribution is -2.16. The first-order chi connectivity index (χ1) is 3.98. The van der Waals surface area contributed by atoms with Crippen molar-refractivity contribution in [3.8, 4) is 0 Å². The van der Waals surface area contributed by atoms with Crippen molar-refractivity contribution in [3.05, 3.63) is 0 Å². The first-order valence-electron chi connectivity index (χ1n) is 3.98. The monoisotopic (exact) mass is 272 g/mol. The molecule has 0 nitrogen and oxygen atoms in total. The summed E-state index contributed by atoms with van der Waals surface area (Å²) in [5.41, 5.74) is 0.510. The molecular formula is C9H24Cl4. The molecule has 0 aliphatic carbocycles. The van der Waals surface area contributed by atoms with Gasteiger partial charge in [-0.05, 0) is 11.3 Å². The van der Waals surface area contributed by atoms with Gasteiger partial charge in [-0.25, -0.2) is 0 Å². The van der Waals surface area contributed by atoms with E-state index in [0.717, 1.165) is 5.92 Å². The van der Waals surface area contributed by atoms with Crippen LogP contribution in [0.25, 0.3) is 0 Å². The Balaban J connectivity index is -0.0000000533. The zero-order valence-electron chi connectivity index (χ0n) is 9.12. The molecule has 0 fully saturated rings. The summed E-state index contributed by atoms with van der Waals surface area (Å²) in [4.78, 5) is 0. The Hall–Kier alpha value is 1.16. The topological polar surface area (TPSA) is 0 Å². The maximum Gasteiger partial charge on any atom is -0.0357 e. The van der Waals surface area contributed by atoms with Crippen LogP contribution in [0.15, 0.2) is 0 Å². The molecule has 0 saturated heterocycles. The van der Waals surface area contributed by atoms with Crippen molar-refractivity contribution >= 4 is 49.6 Å². The molecule has 0 aliphatic rings. The lowest BCUT2D eigenvalue weighted by Gasteiger charge is -2.26. The lowest BCUT2D eigenvalue weighted by molar-refractivity contribution is 0.245. The molecule has 0 aromatic heterocycles. The highest BCUT2D eigenvalue weighted by Crippen LogP contribution is 2.28. The van der Waals surface area contributed by atoms with Crippen molar-refractivity contribution in [1.82, 2.24) is 0 Å². The number of halogens is 4. The van der Waals surface area contributed by atoms with E-state index < -0.39 is 0 Å². The summed E-state index contributed by atoms with van der Waals surface area (Å²) in [6.07, 6.45) is 2.68. The number of rotatable bonds is 2. The van der Waals surface area contributed by atoms with E-state index in [4.69, 9.17) is 0 Å². The van der Waals surface area contributed by atoms with Gasteiger partial charge in [-0.15, -0.1) is 49.6 Å². The molecule has 0 N–H and O–H groups in total. The molecule has 0 rings (SSSR count). The van der Waals surface area contributed by atoms with Crippen molar-refractivity contribution in [2.75, 3.05) is 0 Å². The van der Waals surface area contributed by atoms with E-state index >= 15 is 0 Å². The summed E-state index contributed by atoms with van der Waals surface area (Å²) in [5, 5.41) is 0. The van der Waals surface area contributed by atoms with Crippen LogP contribution >= 0.6 is 49.6 Å². The molecule has 88 valence electrons. The molecule has 1 atom stereocenters. The molecule has 0 spiro atoms. The molecule has 0 aromatic carbocycles. The van der Waals surface area contributed by atoms with Gasteiger partial charge in [-0.3, -0.25) is 0 Å². The lowest BCUT2D eigenvalue weighted by atomic mass is 9.80. The third-order valence-electron chi connectivity index (χ3n) is 2.20. The predicted octanol–water partition coefficient (Wildman–Crippen LogP) is 5.16. The highest BCUT2D eigenvalue weighted by molar-refractivity contribution is 5.86. The Morgan fingerprint density at radius 3 is 1.31 bits per heavy atom. The third kappa shape index (κ3) is 15.9. The van der Waals surface area contributed by atoms with Crippen LogP contribution in [0.2, 0.25) is 0 Å². The van der Waals surface area contributed by atoms with Gasteiger partial charge in [0.2, 0.25) is 0 Å². The van der Waals surface area contributed by atoms with Crippen LogP contribution in [-0.4, -0.2) is 0 Å². The van der Waals surface area contributed by atoms with Crippen molar-refractivity contribution in [2.24, 2.45) is 11.3 Å². The molecule has 0 heterocycles. The summed E-state index contributed by atoms with van der Waals surface area (Å²) in [5.74, 6) is 0.863. The molecule has 4 heteroatoms. The fourth-order valence-corrected chi connectivity index (χ4v) is 0.866. The highest BCUT2D eigenvalue weighted by Gasteiger charge is 2.18. The minimum atomic E-state index is 0. The van der Waals surface area contributed by atoms with Gasteiger partial charge in [0.25, 0.3) is 0 Å². The van der Waals surface area contributed by atoms with E-state index in [9.17, 15) is 0 Å². The second kappa shape index (κ2) is 13.2. The fourth-order valence-electron chi connectivity index (χ4n) is 0.866. The van der Waals surface area contributed by atoms with Gasteiger partial charge in [0.05, 0.1) is 0 Å². The van der Waals surface area contributed by atoms with Gasteiger partial charge < -0.3 is 0 Å². The standard InChI is InChI=1S/C9H20.4ClH/c1-6-7-8(2)9(3,4)5;;;;/h8H,6-7H2,1-5H3;4*1H. The van der Waals surface area contributed by atoms with Gasteiger partial charge in [-0.1, -0.05) is 47.5 Å². The van der Waals surface area contributed by atoms with E-state index in [2.05, 4.69) is 34.6 Å². The zero-order valence-corrected chi connectivity index (χ0v) is 12.4. The Labute approximate surface area is 108 Å². The van der Waals surface area contributed by atoms with Crippen molar-refractivity contribution in [1.29, 1.82) is 0 Å². The Kier molecular flexibility index (Phi) is 29.6. The van der Waals surface area contributed by atoms with Crippen LogP contribution in [0.1, 0.15) is 47.5 Å². The summed E-state index contributed by atoms with van der Waals surface area (Å²) < 4.78 is 0. The van der Waals surface area contributed by atoms with Gasteiger partial charge in [0, 0.05) is 0 Å². The van der Waals surface area contributed by atoms with E-state index in [0.29, 0.717) is 5.41 Å². The zero-order chi connectivity index (χ0) is 7.49. The van der Waals surface area contributed by atoms with Crippen molar-refractivity contribution < 1.29 is 0 Å². The second-order valence-electron chi connectivity index (χ2n) is 4.06. The Bertz CT molecular complexity index is 78.2. The van der Waals surface area contributed by atoms with Gasteiger partial charge in [0.15, 0.2) is 0 Å². The number of hydrogen-bond acceptors (Lipinski definition) is 0. The second-order valence-corrected chi connectivity index (χ2v) is 4.06. The minimum Gasteiger partial charge on any atom is -0.147 e. The molecule has 0 aliphatic heterocycles. The van der Waals surface area contributed by atoms with Gasteiger partial charge in [0.1, 0.15) is 0 Å². The quantitative estimate of drug-likeness (QED) is 0.652. The largest absolute Gasteiger partial charge is 0.147 e. The average Bonchev–Trinajstić information content (AvgIpc) is 1.64. The third-order valence-corrected chi connectivity index (χ3v) is 2.20. The van der Waals surface area contributed by atoms with E-state index in [1.165, 1.54) is 12.8 Å². The molecule has 0 radical (unpaired) electrons. The van der Waals surface area contributed by atoms with E-state index in [1.54, 1.807) is 0 Å². The normalized spacial score (nSPS) is 10.8. The van der Waals surface area contributed by atoms with Crippen molar-refractivity contribution in [2.45, 2.75) is 47.5 Å². The SMILES string of the molecule is CCCC(C)C(C)(C)C.Cl.Cl.Cl.Cl. The average molecular weight is 274 g/mol. The summed E-state index contributed by atoms with van der Waals surface area (Å²) in [6, 6.07) is 0. The van der Waals surface area contributed by atoms with Crippen LogP contribution in [-0.2, 0) is 0 Å². The van der Waals surface area contributed by atoms with Gasteiger partial charge >= 0.3 is 0 Å². The van der Waals surface area contributed by atoms with Crippen LogP contribution in [0.4, 0.5) is 0 Å². The van der Waals surface area contributed by atoms with E-state index in [1.807, 2.05) is 0 Å². The van der Waals surface area contributed by atoms with Crippen LogP contribution < -0.4 is 0 Å². The Morgan fingerprint density at radius 2 is 1.23 bits per heavy atom. The first kappa shape index (κ1) is 29.2. The van der Waals surface area contributed by atoms with Crippen LogP contribution in [0.5, 0.6) is 0 Å².